The highest BCUT2D eigenvalue weighted by Gasteiger charge is 2.20. The Labute approximate surface area is 206 Å². The third-order valence-electron chi connectivity index (χ3n) is 5.70. The van der Waals surface area contributed by atoms with Gasteiger partial charge in [-0.25, -0.2) is 4.79 Å². The number of amides is 1. The molecule has 2 heterocycles. The molecule has 0 saturated carbocycles. The van der Waals surface area contributed by atoms with E-state index in [0.717, 1.165) is 33.4 Å². The highest BCUT2D eigenvalue weighted by atomic mass is 32.1. The Morgan fingerprint density at radius 1 is 1.09 bits per heavy atom. The molecule has 0 spiro atoms. The number of hydrogen-bond donors (Lipinski definition) is 1. The summed E-state index contributed by atoms with van der Waals surface area (Å²) in [6.07, 6.45) is 3.19. The number of hydrogen-bond acceptors (Lipinski definition) is 7. The van der Waals surface area contributed by atoms with E-state index >= 15 is 0 Å². The molecular formula is C27H25NO6S. The van der Waals surface area contributed by atoms with Crippen molar-refractivity contribution in [3.05, 3.63) is 70.1 Å². The lowest BCUT2D eigenvalue weighted by Gasteiger charge is -2.13. The van der Waals surface area contributed by atoms with Crippen LogP contribution in [0.2, 0.25) is 0 Å². The minimum atomic E-state index is -0.497. The van der Waals surface area contributed by atoms with E-state index in [0.29, 0.717) is 27.5 Å². The number of furan rings is 1. The molecule has 0 aliphatic rings. The van der Waals surface area contributed by atoms with Crippen molar-refractivity contribution in [1.82, 2.24) is 0 Å². The lowest BCUT2D eigenvalue weighted by molar-refractivity contribution is -0.111. The number of fused-ring (bicyclic) bond motifs is 1. The fourth-order valence-corrected chi connectivity index (χ4v) is 4.75. The minimum Gasteiger partial charge on any atom is -0.497 e. The molecule has 0 aliphatic heterocycles. The van der Waals surface area contributed by atoms with Crippen molar-refractivity contribution in [1.29, 1.82) is 0 Å². The summed E-state index contributed by atoms with van der Waals surface area (Å²) in [5, 5.41) is 5.38. The zero-order valence-corrected chi connectivity index (χ0v) is 20.9. The van der Waals surface area contributed by atoms with Crippen LogP contribution in [0.15, 0.2) is 58.5 Å². The standard InChI is InChI=1S/C27H25NO6S/c1-15(11-23(29)28-22-9-10-35-26(22)27(30)33-5)19-13-20-21(17-7-6-8-18(12-17)31-3)14-34-25(20)16(2)24(19)32-4/h6-14H,1-5H3,(H,28,29)/b15-11+. The first-order valence-corrected chi connectivity index (χ1v) is 11.6. The third kappa shape index (κ3) is 4.65. The molecule has 0 radical (unpaired) electrons. The summed E-state index contributed by atoms with van der Waals surface area (Å²) in [6.45, 7) is 3.76. The quantitative estimate of drug-likeness (QED) is 0.241. The Hall–Kier alpha value is -4.04. The molecule has 4 aromatic rings. The van der Waals surface area contributed by atoms with Crippen LogP contribution in [0.4, 0.5) is 5.69 Å². The largest absolute Gasteiger partial charge is 0.497 e. The summed E-state index contributed by atoms with van der Waals surface area (Å²) >= 11 is 1.20. The Bertz CT molecular complexity index is 1450. The number of ether oxygens (including phenoxy) is 3. The van der Waals surface area contributed by atoms with E-state index in [1.54, 1.807) is 31.9 Å². The van der Waals surface area contributed by atoms with Gasteiger partial charge < -0.3 is 23.9 Å². The van der Waals surface area contributed by atoms with Crippen molar-refractivity contribution in [2.75, 3.05) is 26.6 Å². The maximum Gasteiger partial charge on any atom is 0.350 e. The number of thiophene rings is 1. The summed E-state index contributed by atoms with van der Waals surface area (Å²) in [7, 11) is 4.52. The maximum atomic E-state index is 12.8. The van der Waals surface area contributed by atoms with Crippen LogP contribution in [-0.2, 0) is 9.53 Å². The van der Waals surface area contributed by atoms with Crippen molar-refractivity contribution in [3.8, 4) is 22.6 Å². The number of rotatable bonds is 7. The highest BCUT2D eigenvalue weighted by molar-refractivity contribution is 7.12. The number of methoxy groups -OCH3 is 3. The monoisotopic (exact) mass is 491 g/mol. The van der Waals surface area contributed by atoms with Crippen molar-refractivity contribution in [3.63, 3.8) is 0 Å². The van der Waals surface area contributed by atoms with Gasteiger partial charge in [-0.15, -0.1) is 11.3 Å². The summed E-state index contributed by atoms with van der Waals surface area (Å²) in [5.41, 5.74) is 5.25. The first kappa shape index (κ1) is 24.1. The molecule has 2 aromatic heterocycles. The average molecular weight is 492 g/mol. The molecular weight excluding hydrogens is 466 g/mol. The Morgan fingerprint density at radius 2 is 1.89 bits per heavy atom. The van der Waals surface area contributed by atoms with Gasteiger partial charge in [0.2, 0.25) is 5.91 Å². The van der Waals surface area contributed by atoms with Gasteiger partial charge >= 0.3 is 5.97 Å². The lowest BCUT2D eigenvalue weighted by Crippen LogP contribution is -2.11. The fourth-order valence-electron chi connectivity index (χ4n) is 3.99. The number of esters is 1. The predicted octanol–water partition coefficient (Wildman–Crippen LogP) is 6.32. The van der Waals surface area contributed by atoms with E-state index in [1.807, 2.05) is 44.2 Å². The van der Waals surface area contributed by atoms with Crippen LogP contribution in [0.5, 0.6) is 11.5 Å². The summed E-state index contributed by atoms with van der Waals surface area (Å²) in [5.74, 6) is 0.501. The topological polar surface area (TPSA) is 87.0 Å². The number of allylic oxidation sites excluding steroid dienone is 1. The Kier molecular flexibility index (Phi) is 6.93. The number of benzene rings is 2. The molecule has 0 fully saturated rings. The molecule has 0 aliphatic carbocycles. The minimum absolute atomic E-state index is 0.336. The maximum absolute atomic E-state index is 12.8. The number of aryl methyl sites for hydroxylation is 1. The Morgan fingerprint density at radius 3 is 2.60 bits per heavy atom. The van der Waals surface area contributed by atoms with E-state index in [1.165, 1.54) is 24.5 Å². The first-order chi connectivity index (χ1) is 16.9. The predicted molar refractivity (Wildman–Crippen MR) is 137 cm³/mol. The van der Waals surface area contributed by atoms with Gasteiger partial charge in [0.25, 0.3) is 0 Å². The van der Waals surface area contributed by atoms with E-state index in [2.05, 4.69) is 5.32 Å². The van der Waals surface area contributed by atoms with Crippen LogP contribution in [-0.4, -0.2) is 33.2 Å². The zero-order valence-electron chi connectivity index (χ0n) is 20.1. The van der Waals surface area contributed by atoms with E-state index < -0.39 is 5.97 Å². The van der Waals surface area contributed by atoms with Gasteiger partial charge in [-0.3, -0.25) is 4.79 Å². The van der Waals surface area contributed by atoms with E-state index in [9.17, 15) is 9.59 Å². The molecule has 180 valence electrons. The molecule has 8 heteroatoms. The van der Waals surface area contributed by atoms with Crippen molar-refractivity contribution in [2.45, 2.75) is 13.8 Å². The van der Waals surface area contributed by atoms with Crippen LogP contribution in [0.25, 0.3) is 27.7 Å². The molecule has 7 nitrogen and oxygen atoms in total. The number of carbonyl (C=O) groups is 2. The molecule has 2 aromatic carbocycles. The molecule has 1 amide bonds. The molecule has 35 heavy (non-hydrogen) atoms. The summed E-state index contributed by atoms with van der Waals surface area (Å²) in [6, 6.07) is 11.4. The molecule has 0 saturated heterocycles. The fraction of sp³-hybridized carbons (Fsp3) is 0.185. The van der Waals surface area contributed by atoms with Crippen molar-refractivity contribution < 1.29 is 28.2 Å². The van der Waals surface area contributed by atoms with Gasteiger partial charge in [0, 0.05) is 28.2 Å². The summed E-state index contributed by atoms with van der Waals surface area (Å²) in [4.78, 5) is 25.1. The van der Waals surface area contributed by atoms with Crippen molar-refractivity contribution in [2.24, 2.45) is 0 Å². The molecule has 0 atom stereocenters. The van der Waals surface area contributed by atoms with Crippen LogP contribution in [0.3, 0.4) is 0 Å². The van der Waals surface area contributed by atoms with Gasteiger partial charge in [-0.05, 0) is 54.6 Å². The summed E-state index contributed by atoms with van der Waals surface area (Å²) < 4.78 is 21.8. The second-order valence-corrected chi connectivity index (χ2v) is 8.73. The van der Waals surface area contributed by atoms with E-state index in [4.69, 9.17) is 18.6 Å². The number of nitrogens with one attached hydrogen (secondary N) is 1. The molecule has 4 rings (SSSR count). The van der Waals surface area contributed by atoms with Crippen LogP contribution in [0.1, 0.15) is 27.7 Å². The highest BCUT2D eigenvalue weighted by Crippen LogP contribution is 2.41. The lowest BCUT2D eigenvalue weighted by atomic mass is 9.96. The second kappa shape index (κ2) is 10.1. The first-order valence-electron chi connectivity index (χ1n) is 10.8. The van der Waals surface area contributed by atoms with Gasteiger partial charge in [-0.1, -0.05) is 12.1 Å². The normalized spacial score (nSPS) is 11.4. The van der Waals surface area contributed by atoms with Crippen LogP contribution < -0.4 is 14.8 Å². The second-order valence-electron chi connectivity index (χ2n) is 7.81. The van der Waals surface area contributed by atoms with Crippen LogP contribution in [0, 0.1) is 6.92 Å². The van der Waals surface area contributed by atoms with Gasteiger partial charge in [0.05, 0.1) is 33.3 Å². The molecule has 0 bridgehead atoms. The molecule has 1 N–H and O–H groups in total. The third-order valence-corrected chi connectivity index (χ3v) is 6.59. The zero-order chi connectivity index (χ0) is 25.1. The number of anilines is 1. The average Bonchev–Trinajstić information content (AvgIpc) is 3.50. The van der Waals surface area contributed by atoms with Gasteiger partial charge in [-0.2, -0.15) is 0 Å². The molecule has 0 unspecified atom stereocenters. The van der Waals surface area contributed by atoms with Crippen molar-refractivity contribution >= 4 is 45.4 Å². The number of carbonyl (C=O) groups excluding carboxylic acids is 2. The Balaban J connectivity index is 1.75. The van der Waals surface area contributed by atoms with Gasteiger partial charge in [0.15, 0.2) is 0 Å². The van der Waals surface area contributed by atoms with E-state index in [-0.39, 0.29) is 5.91 Å². The SMILES string of the molecule is COC(=O)c1sccc1NC(=O)/C=C(\C)c1cc2c(-c3cccc(OC)c3)coc2c(C)c1OC. The van der Waals surface area contributed by atoms with Gasteiger partial charge in [0.1, 0.15) is 22.0 Å². The smallest absolute Gasteiger partial charge is 0.350 e. The van der Waals surface area contributed by atoms with Crippen LogP contribution >= 0.6 is 11.3 Å².